The summed E-state index contributed by atoms with van der Waals surface area (Å²) in [7, 11) is 0. The summed E-state index contributed by atoms with van der Waals surface area (Å²) in [6, 6.07) is 77.6. The number of fused-ring (bicyclic) bond motifs is 11. The van der Waals surface area contributed by atoms with Crippen LogP contribution in [-0.2, 0) is 0 Å². The molecule has 14 aromatic rings. The van der Waals surface area contributed by atoms with Crippen molar-refractivity contribution in [2.24, 2.45) is 0 Å². The summed E-state index contributed by atoms with van der Waals surface area (Å²) in [5.74, 6) is 1.83. The van der Waals surface area contributed by atoms with Gasteiger partial charge in [0, 0.05) is 43.8 Å². The highest BCUT2D eigenvalue weighted by atomic mass is 16.3. The highest BCUT2D eigenvalue weighted by molar-refractivity contribution is 6.23. The number of hydrogen-bond acceptors (Lipinski definition) is 4. The van der Waals surface area contributed by atoms with E-state index in [9.17, 15) is 0 Å². The fourth-order valence-corrected chi connectivity index (χ4v) is 10.3. The standard InChI is InChI=1S/C61H36N4O/c1-2-17-41-35-55-52(33-40(41)16-1)58-46-22-8-5-15-39(46)28-32-54(58)65(55)53-31-29-43(34-51(53)42-27-30-48-47-23-9-10-26-56(47)66-57(48)36-42)59-62-60(49-24-11-18-37-13-3-6-20-44(37)49)64-61(63-59)50-25-12-19-38-14-4-7-21-45(38)50/h1-36H. The van der Waals surface area contributed by atoms with E-state index in [0.29, 0.717) is 17.5 Å². The van der Waals surface area contributed by atoms with Crippen molar-refractivity contribution in [2.45, 2.75) is 0 Å². The van der Waals surface area contributed by atoms with Gasteiger partial charge < -0.3 is 8.98 Å². The molecule has 14 rings (SSSR count). The molecule has 0 aliphatic heterocycles. The summed E-state index contributed by atoms with van der Waals surface area (Å²) in [4.78, 5) is 16.0. The van der Waals surface area contributed by atoms with Gasteiger partial charge in [-0.3, -0.25) is 0 Å². The maximum atomic E-state index is 6.56. The molecular weight excluding hydrogens is 805 g/mol. The van der Waals surface area contributed by atoms with Crippen molar-refractivity contribution in [2.75, 3.05) is 0 Å². The van der Waals surface area contributed by atoms with Gasteiger partial charge in [0.15, 0.2) is 17.5 Å². The van der Waals surface area contributed by atoms with E-state index in [0.717, 1.165) is 88.0 Å². The van der Waals surface area contributed by atoms with Gasteiger partial charge in [0.05, 0.1) is 16.7 Å². The smallest absolute Gasteiger partial charge is 0.164 e. The van der Waals surface area contributed by atoms with Crippen LogP contribution >= 0.6 is 0 Å². The molecule has 306 valence electrons. The average molecular weight is 841 g/mol. The first kappa shape index (κ1) is 36.5. The molecular formula is C61H36N4O. The van der Waals surface area contributed by atoms with Gasteiger partial charge in [-0.15, -0.1) is 0 Å². The molecule has 3 aromatic heterocycles. The summed E-state index contributed by atoms with van der Waals surface area (Å²) in [5, 5.41) is 13.9. The van der Waals surface area contributed by atoms with Crippen molar-refractivity contribution < 1.29 is 4.42 Å². The van der Waals surface area contributed by atoms with Gasteiger partial charge >= 0.3 is 0 Å². The molecule has 0 aliphatic rings. The quantitative estimate of drug-likeness (QED) is 0.173. The topological polar surface area (TPSA) is 56.7 Å². The third-order valence-electron chi connectivity index (χ3n) is 13.4. The van der Waals surface area contributed by atoms with Crippen molar-refractivity contribution in [3.05, 3.63) is 218 Å². The number of nitrogens with zero attached hydrogens (tertiary/aromatic N) is 4. The Hall–Kier alpha value is -8.93. The van der Waals surface area contributed by atoms with Crippen LogP contribution in [0.25, 0.3) is 138 Å². The highest BCUT2D eigenvalue weighted by Gasteiger charge is 2.22. The second kappa shape index (κ2) is 14.3. The molecule has 0 saturated carbocycles. The first-order valence-electron chi connectivity index (χ1n) is 22.3. The second-order valence-electron chi connectivity index (χ2n) is 17.1. The molecule has 0 bridgehead atoms. The lowest BCUT2D eigenvalue weighted by molar-refractivity contribution is 0.669. The maximum absolute atomic E-state index is 6.56. The molecule has 0 amide bonds. The van der Waals surface area contributed by atoms with Gasteiger partial charge in [-0.1, -0.05) is 164 Å². The zero-order valence-corrected chi connectivity index (χ0v) is 35.5. The van der Waals surface area contributed by atoms with Crippen LogP contribution in [-0.4, -0.2) is 19.5 Å². The lowest BCUT2D eigenvalue weighted by Crippen LogP contribution is -2.02. The van der Waals surface area contributed by atoms with Gasteiger partial charge in [0.2, 0.25) is 0 Å². The van der Waals surface area contributed by atoms with Gasteiger partial charge in [0.25, 0.3) is 0 Å². The summed E-state index contributed by atoms with van der Waals surface area (Å²) >= 11 is 0. The Morgan fingerprint density at radius 1 is 0.303 bits per heavy atom. The van der Waals surface area contributed by atoms with Crippen molar-refractivity contribution >= 4 is 86.8 Å². The van der Waals surface area contributed by atoms with Crippen molar-refractivity contribution in [1.29, 1.82) is 0 Å². The fraction of sp³-hybridized carbons (Fsp3) is 0. The fourth-order valence-electron chi connectivity index (χ4n) is 10.3. The van der Waals surface area contributed by atoms with E-state index in [1.165, 1.54) is 32.3 Å². The van der Waals surface area contributed by atoms with Crippen molar-refractivity contribution in [3.63, 3.8) is 0 Å². The third kappa shape index (κ3) is 5.63. The molecule has 0 unspecified atom stereocenters. The lowest BCUT2D eigenvalue weighted by Gasteiger charge is -2.17. The Morgan fingerprint density at radius 3 is 1.56 bits per heavy atom. The van der Waals surface area contributed by atoms with Crippen LogP contribution in [0.1, 0.15) is 0 Å². The molecule has 0 radical (unpaired) electrons. The minimum atomic E-state index is 0.590. The number of furan rings is 1. The minimum absolute atomic E-state index is 0.590. The number of aromatic nitrogens is 4. The van der Waals surface area contributed by atoms with E-state index < -0.39 is 0 Å². The van der Waals surface area contributed by atoms with Crippen LogP contribution in [0, 0.1) is 0 Å². The molecule has 0 aliphatic carbocycles. The summed E-state index contributed by atoms with van der Waals surface area (Å²) < 4.78 is 9.00. The monoisotopic (exact) mass is 840 g/mol. The number of rotatable bonds is 5. The molecule has 0 fully saturated rings. The van der Waals surface area contributed by atoms with E-state index in [4.69, 9.17) is 19.4 Å². The van der Waals surface area contributed by atoms with Crippen LogP contribution in [0.2, 0.25) is 0 Å². The highest BCUT2D eigenvalue weighted by Crippen LogP contribution is 2.43. The molecule has 5 nitrogen and oxygen atoms in total. The number of hydrogen-bond donors (Lipinski definition) is 0. The molecule has 0 atom stereocenters. The molecule has 3 heterocycles. The Kier molecular flexibility index (Phi) is 7.91. The Balaban J connectivity index is 1.07. The predicted octanol–water partition coefficient (Wildman–Crippen LogP) is 16.1. The van der Waals surface area contributed by atoms with Crippen molar-refractivity contribution in [1.82, 2.24) is 19.5 Å². The van der Waals surface area contributed by atoms with Crippen LogP contribution in [0.5, 0.6) is 0 Å². The summed E-state index contributed by atoms with van der Waals surface area (Å²) in [6.07, 6.45) is 0. The first-order valence-corrected chi connectivity index (χ1v) is 22.3. The SMILES string of the molecule is c1ccc2cc3c(cc2c1)c1c2ccccc2ccc1n3-c1ccc(-c2nc(-c3cccc4ccccc34)nc(-c3cccc4ccccc34)n2)cc1-c1ccc2c(c1)oc1ccccc12. The Morgan fingerprint density at radius 2 is 0.848 bits per heavy atom. The molecule has 5 heteroatoms. The zero-order valence-electron chi connectivity index (χ0n) is 35.5. The van der Waals surface area contributed by atoms with Gasteiger partial charge in [-0.25, -0.2) is 15.0 Å². The van der Waals surface area contributed by atoms with E-state index in [2.05, 4.69) is 211 Å². The van der Waals surface area contributed by atoms with Crippen LogP contribution < -0.4 is 0 Å². The van der Waals surface area contributed by atoms with E-state index in [1.54, 1.807) is 0 Å². The predicted molar refractivity (Wildman–Crippen MR) is 273 cm³/mol. The molecule has 0 N–H and O–H groups in total. The Bertz CT molecular complexity index is 4200. The Labute approximate surface area is 378 Å². The summed E-state index contributed by atoms with van der Waals surface area (Å²) in [6.45, 7) is 0. The van der Waals surface area contributed by atoms with E-state index in [-0.39, 0.29) is 0 Å². The maximum Gasteiger partial charge on any atom is 0.164 e. The van der Waals surface area contributed by atoms with Crippen LogP contribution in [0.3, 0.4) is 0 Å². The van der Waals surface area contributed by atoms with Gasteiger partial charge in [-0.2, -0.15) is 0 Å². The molecule has 11 aromatic carbocycles. The average Bonchev–Trinajstić information content (AvgIpc) is 3.92. The third-order valence-corrected chi connectivity index (χ3v) is 13.4. The van der Waals surface area contributed by atoms with Gasteiger partial charge in [-0.05, 0) is 103 Å². The van der Waals surface area contributed by atoms with Crippen molar-refractivity contribution in [3.8, 4) is 51.0 Å². The molecule has 66 heavy (non-hydrogen) atoms. The van der Waals surface area contributed by atoms with Crippen LogP contribution in [0.15, 0.2) is 223 Å². The largest absolute Gasteiger partial charge is 0.456 e. The second-order valence-corrected chi connectivity index (χ2v) is 17.1. The molecule has 0 spiro atoms. The number of benzene rings is 11. The van der Waals surface area contributed by atoms with Gasteiger partial charge in [0.1, 0.15) is 11.2 Å². The normalized spacial score (nSPS) is 11.9. The van der Waals surface area contributed by atoms with E-state index in [1.807, 2.05) is 12.1 Å². The van der Waals surface area contributed by atoms with Crippen LogP contribution in [0.4, 0.5) is 0 Å². The zero-order chi connectivity index (χ0) is 43.3. The minimum Gasteiger partial charge on any atom is -0.456 e. The summed E-state index contributed by atoms with van der Waals surface area (Å²) in [5.41, 5.74) is 9.84. The number of para-hydroxylation sites is 1. The lowest BCUT2D eigenvalue weighted by atomic mass is 9.98. The van der Waals surface area contributed by atoms with E-state index >= 15 is 0 Å². The molecule has 0 saturated heterocycles. The first-order chi connectivity index (χ1) is 32.7.